The number of thioether (sulfide) groups is 1. The van der Waals surface area contributed by atoms with Crippen LogP contribution in [0.25, 0.3) is 6.08 Å². The summed E-state index contributed by atoms with van der Waals surface area (Å²) in [6, 6.07) is 19.8. The normalized spacial score (nSPS) is 15.3. The Labute approximate surface area is 220 Å². The summed E-state index contributed by atoms with van der Waals surface area (Å²) < 4.78 is 12.5. The Morgan fingerprint density at radius 1 is 1.11 bits per heavy atom. The van der Waals surface area contributed by atoms with Gasteiger partial charge >= 0.3 is 0 Å². The molecule has 0 spiro atoms. The Hall–Kier alpha value is -3.07. The first kappa shape index (κ1) is 25.0. The fourth-order valence-corrected chi connectivity index (χ4v) is 4.79. The standard InChI is InChI=1S/C26H20BrClN2O4S/c1-2-33-21-13-16(12-19(27)23(21)34-15-18-10-6-7-11-20(18)28)14-22-25(32)30-26(35-22)29-24(31)17-8-4-3-5-9-17/h3-14H,2,15H2,1H3,(H,29,30,31,32)/b22-14-. The molecule has 4 rings (SSSR count). The zero-order valence-corrected chi connectivity index (χ0v) is 21.7. The van der Waals surface area contributed by atoms with Gasteiger partial charge in [-0.15, -0.1) is 0 Å². The van der Waals surface area contributed by atoms with E-state index in [1.165, 1.54) is 0 Å². The average Bonchev–Trinajstić information content (AvgIpc) is 3.18. The number of hydrogen-bond donors (Lipinski definition) is 1. The first-order valence-electron chi connectivity index (χ1n) is 10.7. The van der Waals surface area contributed by atoms with E-state index in [0.717, 1.165) is 22.9 Å². The minimum Gasteiger partial charge on any atom is -0.490 e. The maximum Gasteiger partial charge on any atom is 0.279 e. The number of benzene rings is 3. The Bertz CT molecular complexity index is 1330. The number of carbonyl (C=O) groups is 2. The van der Waals surface area contributed by atoms with Gasteiger partial charge in [-0.2, -0.15) is 4.99 Å². The smallest absolute Gasteiger partial charge is 0.279 e. The topological polar surface area (TPSA) is 77.0 Å². The summed E-state index contributed by atoms with van der Waals surface area (Å²) >= 11 is 10.9. The maximum atomic E-state index is 12.5. The van der Waals surface area contributed by atoms with Gasteiger partial charge < -0.3 is 14.8 Å². The molecule has 1 fully saturated rings. The number of amidine groups is 1. The van der Waals surface area contributed by atoms with Crippen molar-refractivity contribution in [3.8, 4) is 11.5 Å². The number of nitrogens with zero attached hydrogens (tertiary/aromatic N) is 1. The highest BCUT2D eigenvalue weighted by atomic mass is 79.9. The van der Waals surface area contributed by atoms with Gasteiger partial charge in [0, 0.05) is 16.1 Å². The number of nitrogens with one attached hydrogen (secondary N) is 1. The number of rotatable bonds is 7. The first-order chi connectivity index (χ1) is 16.9. The fraction of sp³-hybridized carbons (Fsp3) is 0.115. The molecule has 0 bridgehead atoms. The molecule has 6 nitrogen and oxygen atoms in total. The Morgan fingerprint density at radius 3 is 2.60 bits per heavy atom. The van der Waals surface area contributed by atoms with Crippen molar-refractivity contribution in [2.24, 2.45) is 4.99 Å². The van der Waals surface area contributed by atoms with E-state index in [9.17, 15) is 9.59 Å². The highest BCUT2D eigenvalue weighted by molar-refractivity contribution is 9.10. The summed E-state index contributed by atoms with van der Waals surface area (Å²) in [4.78, 5) is 29.3. The third kappa shape index (κ3) is 6.33. The molecule has 0 radical (unpaired) electrons. The van der Waals surface area contributed by atoms with Crippen LogP contribution in [0.2, 0.25) is 5.02 Å². The third-order valence-electron chi connectivity index (χ3n) is 4.83. The largest absolute Gasteiger partial charge is 0.490 e. The van der Waals surface area contributed by atoms with Crippen LogP contribution in [0.3, 0.4) is 0 Å². The van der Waals surface area contributed by atoms with Crippen LogP contribution in [0.4, 0.5) is 0 Å². The van der Waals surface area contributed by atoms with Gasteiger partial charge in [-0.3, -0.25) is 9.59 Å². The van der Waals surface area contributed by atoms with Crippen LogP contribution in [-0.2, 0) is 11.4 Å². The summed E-state index contributed by atoms with van der Waals surface area (Å²) in [6.45, 7) is 2.58. The van der Waals surface area contributed by atoms with Crippen LogP contribution in [-0.4, -0.2) is 23.6 Å². The quantitative estimate of drug-likeness (QED) is 0.329. The fourth-order valence-electron chi connectivity index (χ4n) is 3.21. The van der Waals surface area contributed by atoms with Crippen molar-refractivity contribution in [2.45, 2.75) is 13.5 Å². The molecule has 0 saturated carbocycles. The lowest BCUT2D eigenvalue weighted by Crippen LogP contribution is -2.20. The van der Waals surface area contributed by atoms with Crippen molar-refractivity contribution in [1.82, 2.24) is 5.32 Å². The van der Waals surface area contributed by atoms with Crippen molar-refractivity contribution in [3.63, 3.8) is 0 Å². The highest BCUT2D eigenvalue weighted by Crippen LogP contribution is 2.39. The van der Waals surface area contributed by atoms with Gasteiger partial charge in [-0.1, -0.05) is 48.0 Å². The molecular weight excluding hydrogens is 552 g/mol. The number of aliphatic imine (C=N–C) groups is 1. The van der Waals surface area contributed by atoms with Crippen LogP contribution >= 0.6 is 39.3 Å². The molecule has 1 N–H and O–H groups in total. The van der Waals surface area contributed by atoms with Crippen molar-refractivity contribution < 1.29 is 19.1 Å². The van der Waals surface area contributed by atoms with Gasteiger partial charge in [0.25, 0.3) is 11.8 Å². The van der Waals surface area contributed by atoms with Crippen LogP contribution in [0, 0.1) is 0 Å². The average molecular weight is 572 g/mol. The first-order valence-corrected chi connectivity index (χ1v) is 12.6. The molecule has 35 heavy (non-hydrogen) atoms. The van der Waals surface area contributed by atoms with Crippen molar-refractivity contribution in [1.29, 1.82) is 0 Å². The second-order valence-electron chi connectivity index (χ2n) is 7.30. The van der Waals surface area contributed by atoms with E-state index in [2.05, 4.69) is 26.2 Å². The van der Waals surface area contributed by atoms with Crippen molar-refractivity contribution in [3.05, 3.63) is 97.8 Å². The van der Waals surface area contributed by atoms with Gasteiger partial charge in [0.15, 0.2) is 16.7 Å². The van der Waals surface area contributed by atoms with Gasteiger partial charge in [-0.05, 0) is 76.6 Å². The van der Waals surface area contributed by atoms with Gasteiger partial charge in [-0.25, -0.2) is 0 Å². The van der Waals surface area contributed by atoms with E-state index in [1.807, 2.05) is 43.3 Å². The van der Waals surface area contributed by atoms with E-state index in [0.29, 0.717) is 38.1 Å². The Morgan fingerprint density at radius 2 is 1.86 bits per heavy atom. The molecule has 0 aliphatic carbocycles. The number of amides is 2. The maximum absolute atomic E-state index is 12.5. The molecule has 3 aromatic carbocycles. The summed E-state index contributed by atoms with van der Waals surface area (Å²) in [5, 5.41) is 3.49. The van der Waals surface area contributed by atoms with E-state index in [-0.39, 0.29) is 17.7 Å². The minimum atomic E-state index is -0.420. The molecule has 0 atom stereocenters. The number of carbonyl (C=O) groups excluding carboxylic acids is 2. The molecule has 1 aliphatic heterocycles. The summed E-state index contributed by atoms with van der Waals surface area (Å²) in [5.41, 5.74) is 2.02. The molecule has 1 saturated heterocycles. The van der Waals surface area contributed by atoms with E-state index < -0.39 is 5.91 Å². The van der Waals surface area contributed by atoms with E-state index in [1.54, 1.807) is 36.4 Å². The molecule has 0 unspecified atom stereocenters. The van der Waals surface area contributed by atoms with Gasteiger partial charge in [0.2, 0.25) is 0 Å². The Balaban J connectivity index is 1.55. The molecule has 1 heterocycles. The molecule has 2 amide bonds. The van der Waals surface area contributed by atoms with Crippen LogP contribution < -0.4 is 14.8 Å². The minimum absolute atomic E-state index is 0.235. The van der Waals surface area contributed by atoms with E-state index in [4.69, 9.17) is 21.1 Å². The second kappa shape index (κ2) is 11.6. The van der Waals surface area contributed by atoms with E-state index >= 15 is 0 Å². The Kier molecular flexibility index (Phi) is 8.28. The monoisotopic (exact) mass is 570 g/mol. The predicted molar refractivity (Wildman–Crippen MR) is 143 cm³/mol. The predicted octanol–water partition coefficient (Wildman–Crippen LogP) is 6.48. The number of ether oxygens (including phenoxy) is 2. The zero-order chi connectivity index (χ0) is 24.8. The summed E-state index contributed by atoms with van der Waals surface area (Å²) in [5.74, 6) is 0.310. The summed E-state index contributed by atoms with van der Waals surface area (Å²) in [6.07, 6.45) is 1.71. The summed E-state index contributed by atoms with van der Waals surface area (Å²) in [7, 11) is 0. The molecule has 178 valence electrons. The van der Waals surface area contributed by atoms with Crippen LogP contribution in [0.5, 0.6) is 11.5 Å². The lowest BCUT2D eigenvalue weighted by molar-refractivity contribution is -0.115. The van der Waals surface area contributed by atoms with Crippen LogP contribution in [0.1, 0.15) is 28.4 Å². The lowest BCUT2D eigenvalue weighted by Gasteiger charge is -2.15. The van der Waals surface area contributed by atoms with Gasteiger partial charge in [0.05, 0.1) is 16.0 Å². The third-order valence-corrected chi connectivity index (χ3v) is 6.70. The SMILES string of the molecule is CCOc1cc(/C=C2\SC(=NC(=O)c3ccccc3)NC2=O)cc(Br)c1OCc1ccccc1Cl. The second-order valence-corrected chi connectivity index (χ2v) is 9.59. The molecule has 1 aliphatic rings. The number of halogens is 2. The molecule has 0 aromatic heterocycles. The highest BCUT2D eigenvalue weighted by Gasteiger charge is 2.25. The molecule has 9 heteroatoms. The lowest BCUT2D eigenvalue weighted by atomic mass is 10.1. The van der Waals surface area contributed by atoms with Crippen molar-refractivity contribution in [2.75, 3.05) is 6.61 Å². The van der Waals surface area contributed by atoms with Crippen molar-refractivity contribution >= 4 is 62.4 Å². The molecule has 3 aromatic rings. The molecular formula is C26H20BrClN2O4S. The number of hydrogen-bond acceptors (Lipinski definition) is 5. The van der Waals surface area contributed by atoms with Crippen LogP contribution in [0.15, 0.2) is 81.1 Å². The van der Waals surface area contributed by atoms with Gasteiger partial charge in [0.1, 0.15) is 6.61 Å². The zero-order valence-electron chi connectivity index (χ0n) is 18.6.